The molecule has 0 unspecified atom stereocenters. The summed E-state index contributed by atoms with van der Waals surface area (Å²) in [7, 11) is 0. The number of aliphatic hydroxyl groups is 1. The molecule has 0 saturated heterocycles. The van der Waals surface area contributed by atoms with E-state index in [0.717, 1.165) is 6.07 Å². The molecule has 3 N–H and O–H groups in total. The van der Waals surface area contributed by atoms with E-state index in [1.807, 2.05) is 0 Å². The lowest BCUT2D eigenvalue weighted by Gasteiger charge is -2.16. The lowest BCUT2D eigenvalue weighted by atomic mass is 10.0. The number of aliphatic hydroxyl groups excluding tert-OH is 1. The first-order chi connectivity index (χ1) is 11.4. The minimum absolute atomic E-state index is 0.00964. The minimum Gasteiger partial charge on any atom is -0.508 e. The maximum Gasteiger partial charge on any atom is 0.342 e. The number of benzene rings is 1. The molecule has 1 aromatic carbocycles. The van der Waals surface area contributed by atoms with Gasteiger partial charge in [0.15, 0.2) is 5.78 Å². The number of hydrogen-bond donors (Lipinski definition) is 3. The normalized spacial score (nSPS) is 24.6. The van der Waals surface area contributed by atoms with Crippen LogP contribution in [-0.2, 0) is 9.53 Å². The van der Waals surface area contributed by atoms with Crippen molar-refractivity contribution in [3.05, 3.63) is 29.3 Å². The van der Waals surface area contributed by atoms with Crippen LogP contribution in [0.5, 0.6) is 11.5 Å². The standard InChI is InChI=1S/C18H22O6/c1-11-5-4-8-15(21)14(20)7-3-2-6-12-9-13(19)10-16(22)17(12)18(23)24-11/h2,6,9-11,14,19-20,22H,3-5,7-8H2,1H3/b6-2+/t11-,14-/m0/s1. The average Bonchev–Trinajstić information content (AvgIpc) is 2.49. The number of hydrogen-bond acceptors (Lipinski definition) is 6. The van der Waals surface area contributed by atoms with Gasteiger partial charge in [-0.05, 0) is 44.2 Å². The lowest BCUT2D eigenvalue weighted by Crippen LogP contribution is -2.21. The van der Waals surface area contributed by atoms with Gasteiger partial charge in [-0.3, -0.25) is 4.79 Å². The SMILES string of the molecule is C[C@H]1CCCC(=O)[C@@H](O)CC/C=C/c2cc(O)cc(O)c2C(=O)O1. The van der Waals surface area contributed by atoms with Crippen LogP contribution in [-0.4, -0.2) is 39.3 Å². The van der Waals surface area contributed by atoms with Gasteiger partial charge in [0.25, 0.3) is 0 Å². The first-order valence-corrected chi connectivity index (χ1v) is 8.02. The van der Waals surface area contributed by atoms with Gasteiger partial charge in [0.05, 0.1) is 6.10 Å². The van der Waals surface area contributed by atoms with Crippen LogP contribution < -0.4 is 0 Å². The van der Waals surface area contributed by atoms with Crippen LogP contribution in [0.25, 0.3) is 6.08 Å². The number of ketones is 1. The van der Waals surface area contributed by atoms with Crippen LogP contribution in [0.4, 0.5) is 0 Å². The van der Waals surface area contributed by atoms with E-state index in [1.165, 1.54) is 6.07 Å². The van der Waals surface area contributed by atoms with Crippen LogP contribution >= 0.6 is 0 Å². The molecule has 6 nitrogen and oxygen atoms in total. The molecule has 0 spiro atoms. The first-order valence-electron chi connectivity index (χ1n) is 8.02. The molecule has 2 atom stereocenters. The zero-order valence-electron chi connectivity index (χ0n) is 13.6. The molecule has 0 saturated carbocycles. The summed E-state index contributed by atoms with van der Waals surface area (Å²) in [5, 5.41) is 29.5. The summed E-state index contributed by atoms with van der Waals surface area (Å²) >= 11 is 0. The molecule has 0 bridgehead atoms. The Balaban J connectivity index is 2.34. The Morgan fingerprint density at radius 3 is 2.67 bits per heavy atom. The van der Waals surface area contributed by atoms with Gasteiger partial charge in [0.1, 0.15) is 23.2 Å². The summed E-state index contributed by atoms with van der Waals surface area (Å²) in [6, 6.07) is 2.44. The molecule has 1 heterocycles. The van der Waals surface area contributed by atoms with E-state index in [2.05, 4.69) is 0 Å². The summed E-state index contributed by atoms with van der Waals surface area (Å²) in [4.78, 5) is 24.1. The van der Waals surface area contributed by atoms with Gasteiger partial charge in [0.2, 0.25) is 0 Å². The second kappa shape index (κ2) is 7.97. The number of rotatable bonds is 0. The molecule has 24 heavy (non-hydrogen) atoms. The van der Waals surface area contributed by atoms with Crippen molar-refractivity contribution in [2.75, 3.05) is 0 Å². The van der Waals surface area contributed by atoms with E-state index in [9.17, 15) is 24.9 Å². The molecule has 0 amide bonds. The Hall–Kier alpha value is -2.34. The van der Waals surface area contributed by atoms with Gasteiger partial charge in [-0.25, -0.2) is 4.79 Å². The Bertz CT molecular complexity index is 649. The molecule has 1 aromatic rings. The fourth-order valence-electron chi connectivity index (χ4n) is 2.64. The average molecular weight is 334 g/mol. The molecule has 130 valence electrons. The van der Waals surface area contributed by atoms with Gasteiger partial charge in [-0.15, -0.1) is 0 Å². The maximum atomic E-state index is 12.3. The van der Waals surface area contributed by atoms with Crippen LogP contribution in [0, 0.1) is 0 Å². The maximum absolute atomic E-state index is 12.3. The minimum atomic E-state index is -1.01. The fraction of sp³-hybridized carbons (Fsp3) is 0.444. The molecule has 0 aromatic heterocycles. The molecular weight excluding hydrogens is 312 g/mol. The van der Waals surface area contributed by atoms with E-state index in [0.29, 0.717) is 24.8 Å². The molecule has 1 aliphatic heterocycles. The van der Waals surface area contributed by atoms with E-state index >= 15 is 0 Å². The number of phenolic OH excluding ortho intramolecular Hbond substituents is 2. The van der Waals surface area contributed by atoms with Crippen LogP contribution in [0.3, 0.4) is 0 Å². The lowest BCUT2D eigenvalue weighted by molar-refractivity contribution is -0.127. The number of Topliss-reactive ketones (excluding diaryl/α,β-unsaturated/α-hetero) is 1. The Labute approximate surface area is 140 Å². The molecule has 1 aliphatic rings. The summed E-state index contributed by atoms with van der Waals surface area (Å²) in [6.07, 6.45) is 3.73. The molecule has 0 aliphatic carbocycles. The van der Waals surface area contributed by atoms with Crippen molar-refractivity contribution in [1.29, 1.82) is 0 Å². The predicted molar refractivity (Wildman–Crippen MR) is 87.8 cm³/mol. The summed E-state index contributed by atoms with van der Waals surface area (Å²) < 4.78 is 5.32. The third-order valence-electron chi connectivity index (χ3n) is 3.95. The third-order valence-corrected chi connectivity index (χ3v) is 3.95. The highest BCUT2D eigenvalue weighted by molar-refractivity contribution is 5.97. The van der Waals surface area contributed by atoms with E-state index in [1.54, 1.807) is 19.1 Å². The molecule has 0 fully saturated rings. The van der Waals surface area contributed by atoms with Crippen LogP contribution in [0.15, 0.2) is 18.2 Å². The first kappa shape index (κ1) is 18.0. The second-order valence-corrected chi connectivity index (χ2v) is 6.00. The molecule has 2 rings (SSSR count). The number of fused-ring (bicyclic) bond motifs is 1. The number of ether oxygens (including phenoxy) is 1. The number of carbonyl (C=O) groups excluding carboxylic acids is 2. The monoisotopic (exact) mass is 334 g/mol. The molecule has 6 heteroatoms. The summed E-state index contributed by atoms with van der Waals surface area (Å²) in [5.41, 5.74) is 0.312. The Morgan fingerprint density at radius 1 is 1.17 bits per heavy atom. The van der Waals surface area contributed by atoms with Gasteiger partial charge in [-0.1, -0.05) is 12.2 Å². The number of cyclic esters (lactones) is 1. The number of phenols is 2. The van der Waals surface area contributed by atoms with Crippen molar-refractivity contribution in [2.45, 2.75) is 51.2 Å². The fourth-order valence-corrected chi connectivity index (χ4v) is 2.64. The highest BCUT2D eigenvalue weighted by Crippen LogP contribution is 2.30. The third kappa shape index (κ3) is 4.58. The number of aromatic hydroxyl groups is 2. The quantitative estimate of drug-likeness (QED) is 0.630. The smallest absolute Gasteiger partial charge is 0.342 e. The van der Waals surface area contributed by atoms with Gasteiger partial charge in [0, 0.05) is 12.5 Å². The Kier molecular flexibility index (Phi) is 5.98. The molecule has 0 radical (unpaired) electrons. The zero-order chi connectivity index (χ0) is 17.7. The van der Waals surface area contributed by atoms with Crippen LogP contribution in [0.1, 0.15) is 54.9 Å². The van der Waals surface area contributed by atoms with Gasteiger partial charge in [-0.2, -0.15) is 0 Å². The van der Waals surface area contributed by atoms with E-state index in [-0.39, 0.29) is 35.7 Å². The van der Waals surface area contributed by atoms with Crippen molar-refractivity contribution in [2.24, 2.45) is 0 Å². The van der Waals surface area contributed by atoms with Crippen LogP contribution in [0.2, 0.25) is 0 Å². The Morgan fingerprint density at radius 2 is 1.92 bits per heavy atom. The number of allylic oxidation sites excluding steroid dienone is 1. The van der Waals surface area contributed by atoms with Crippen molar-refractivity contribution in [1.82, 2.24) is 0 Å². The second-order valence-electron chi connectivity index (χ2n) is 6.00. The highest BCUT2D eigenvalue weighted by Gasteiger charge is 2.21. The van der Waals surface area contributed by atoms with Crippen molar-refractivity contribution >= 4 is 17.8 Å². The topological polar surface area (TPSA) is 104 Å². The van der Waals surface area contributed by atoms with E-state index < -0.39 is 18.2 Å². The number of esters is 1. The van der Waals surface area contributed by atoms with Gasteiger partial charge < -0.3 is 20.1 Å². The predicted octanol–water partition coefficient (Wildman–Crippen LogP) is 2.55. The largest absolute Gasteiger partial charge is 0.508 e. The highest BCUT2D eigenvalue weighted by atomic mass is 16.5. The zero-order valence-corrected chi connectivity index (χ0v) is 13.6. The van der Waals surface area contributed by atoms with E-state index in [4.69, 9.17) is 4.74 Å². The summed E-state index contributed by atoms with van der Waals surface area (Å²) in [5.74, 6) is -1.42. The van der Waals surface area contributed by atoms with Crippen molar-refractivity contribution in [3.63, 3.8) is 0 Å². The number of carbonyl (C=O) groups is 2. The van der Waals surface area contributed by atoms with Crippen molar-refractivity contribution < 1.29 is 29.6 Å². The summed E-state index contributed by atoms with van der Waals surface area (Å²) in [6.45, 7) is 1.71. The van der Waals surface area contributed by atoms with Crippen molar-refractivity contribution in [3.8, 4) is 11.5 Å². The van der Waals surface area contributed by atoms with Gasteiger partial charge >= 0.3 is 5.97 Å². The molecular formula is C18H22O6.